The van der Waals surface area contributed by atoms with Crippen molar-refractivity contribution >= 4 is 58.9 Å². The minimum Gasteiger partial charge on any atom is -0.460 e. The summed E-state index contributed by atoms with van der Waals surface area (Å²) in [6.45, 7) is 16.4. The number of hydrogen-bond donors (Lipinski definition) is 8. The quantitative estimate of drug-likeness (QED) is 0.0180. The molecule has 5 rings (SSSR count). The maximum Gasteiger partial charge on any atom is 0.409 e. The van der Waals surface area contributed by atoms with E-state index in [0.29, 0.717) is 81.0 Å². The van der Waals surface area contributed by atoms with Gasteiger partial charge in [0.1, 0.15) is 49.5 Å². The molecule has 1 aromatic rings. The Kier molecular flexibility index (Phi) is 34.5. The fraction of sp³-hybridized carbons (Fsp3) is 0.685. The van der Waals surface area contributed by atoms with E-state index in [4.69, 9.17) is 49.4 Å². The van der Waals surface area contributed by atoms with Gasteiger partial charge in [-0.15, -0.1) is 0 Å². The molecular formula is C73H113N7O19. The number of ketones is 3. The largest absolute Gasteiger partial charge is 0.460 e. The Morgan fingerprint density at radius 1 is 0.818 bits per heavy atom. The maximum absolute atomic E-state index is 14.7. The zero-order chi connectivity index (χ0) is 73.1. The summed E-state index contributed by atoms with van der Waals surface area (Å²) in [5.41, 5.74) is 13.4. The monoisotopic (exact) mass is 1390 g/mol. The van der Waals surface area contributed by atoms with Crippen molar-refractivity contribution in [3.8, 4) is 0 Å². The van der Waals surface area contributed by atoms with E-state index in [0.717, 1.165) is 5.57 Å². The molecule has 3 heterocycles. The third-order valence-corrected chi connectivity index (χ3v) is 19.5. The number of aliphatic hydroxyl groups excluding tert-OH is 1. The van der Waals surface area contributed by atoms with Crippen LogP contribution in [0.3, 0.4) is 0 Å². The lowest BCUT2D eigenvalue weighted by Gasteiger charge is -2.42. The molecule has 1 saturated carbocycles. The number of aliphatic hydroxyl groups is 2. The van der Waals surface area contributed by atoms with E-state index in [2.05, 4.69) is 21.3 Å². The smallest absolute Gasteiger partial charge is 0.409 e. The molecule has 0 radical (unpaired) electrons. The van der Waals surface area contributed by atoms with Crippen molar-refractivity contribution in [1.29, 1.82) is 0 Å². The molecule has 4 aliphatic rings. The zero-order valence-electron chi connectivity index (χ0n) is 60.2. The van der Waals surface area contributed by atoms with Gasteiger partial charge >= 0.3 is 18.1 Å². The topological polar surface area (TPSA) is 371 Å². The van der Waals surface area contributed by atoms with Gasteiger partial charge in [-0.05, 0) is 143 Å². The molecule has 17 atom stereocenters. The van der Waals surface area contributed by atoms with Gasteiger partial charge in [0.25, 0.3) is 11.7 Å². The molecule has 99 heavy (non-hydrogen) atoms. The lowest BCUT2D eigenvalue weighted by Crippen LogP contribution is -2.61. The number of nitrogens with one attached hydrogen (secondary N) is 4. The molecule has 2 bridgehead atoms. The molecule has 0 spiro atoms. The Labute approximate surface area is 584 Å². The number of nitrogens with zero attached hydrogens (tertiary/aromatic N) is 1. The first-order chi connectivity index (χ1) is 47.0. The normalized spacial score (nSPS) is 30.1. The number of amides is 6. The van der Waals surface area contributed by atoms with Crippen molar-refractivity contribution in [3.63, 3.8) is 0 Å². The van der Waals surface area contributed by atoms with Crippen LogP contribution in [-0.2, 0) is 78.1 Å². The van der Waals surface area contributed by atoms with Gasteiger partial charge in [0.15, 0.2) is 5.78 Å². The highest BCUT2D eigenvalue weighted by Crippen LogP contribution is 2.38. The molecule has 554 valence electrons. The highest BCUT2D eigenvalue weighted by molar-refractivity contribution is 6.39. The highest BCUT2D eigenvalue weighted by atomic mass is 16.6. The van der Waals surface area contributed by atoms with Gasteiger partial charge in [0.2, 0.25) is 17.6 Å². The number of cyclic esters (lactones) is 1. The fourth-order valence-electron chi connectivity index (χ4n) is 13.2. The van der Waals surface area contributed by atoms with E-state index >= 15 is 0 Å². The number of primary amides is 1. The number of rotatable bonds is 23. The number of benzene rings is 1. The minimum absolute atomic E-state index is 0.0186. The van der Waals surface area contributed by atoms with Gasteiger partial charge in [0.05, 0.1) is 43.7 Å². The summed E-state index contributed by atoms with van der Waals surface area (Å²) in [7, 11) is 4.53. The number of ether oxygens (including phenoxy) is 8. The van der Waals surface area contributed by atoms with Crippen LogP contribution < -0.4 is 32.7 Å². The third-order valence-electron chi connectivity index (χ3n) is 19.5. The van der Waals surface area contributed by atoms with E-state index in [-0.39, 0.29) is 107 Å². The standard InChI is InChI=1S/C73H113N7O19/c1-43(2)62(74)68(86)79-55(21-18-31-76-71(75)89)67(85)78-53-27-24-51(25-28-53)41-97-72(90)77-42-95-33-34-96-58-30-26-52(38-61(58)93-11)37-47(6)60-40-57(81)46(5)36-49(8)64(83)65(94-12)63(82)48(7)35-44(3)19-14-13-15-20-45(4)59(92-10)39-54-29-23-50(9)73(91,99-54)66(84)69(87)80-32-17-16-22-56(80)70(88)98-60/h13-15,19-20,24-25,27-28,36,43-44,46-48,50,52,54-56,58-62,64-65,83,91H,16-18,21-23,26,29-35,37-42,74H2,1-12H3,(H,77,90)(H,78,85)(H,79,86)(H3,75,76,89)/b15-13?,19-14+,45-20?,49-36+/t44-,46-,47+,48-,50-,52-,54+,55-,56+,58-,59+,60+,61-,62-,64-,65+,73-/m1/s1. The van der Waals surface area contributed by atoms with Crippen molar-refractivity contribution < 1.29 is 91.3 Å². The Bertz CT molecular complexity index is 2960. The maximum atomic E-state index is 14.7. The van der Waals surface area contributed by atoms with Crippen molar-refractivity contribution in [1.82, 2.24) is 20.9 Å². The van der Waals surface area contributed by atoms with Crippen molar-refractivity contribution in [2.45, 2.75) is 225 Å². The summed E-state index contributed by atoms with van der Waals surface area (Å²) < 4.78 is 47.3. The van der Waals surface area contributed by atoms with Crippen molar-refractivity contribution in [2.75, 3.05) is 59.7 Å². The average Bonchev–Trinajstić information content (AvgIpc) is 0.774. The van der Waals surface area contributed by atoms with Gasteiger partial charge in [-0.2, -0.15) is 0 Å². The van der Waals surface area contributed by atoms with Crippen LogP contribution in [0.2, 0.25) is 0 Å². The van der Waals surface area contributed by atoms with Crippen LogP contribution in [0.25, 0.3) is 0 Å². The lowest BCUT2D eigenvalue weighted by molar-refractivity contribution is -0.265. The lowest BCUT2D eigenvalue weighted by atomic mass is 9.78. The second kappa shape index (κ2) is 41.2. The molecule has 1 aromatic carbocycles. The van der Waals surface area contributed by atoms with Crippen LogP contribution in [0.5, 0.6) is 0 Å². The number of alkyl carbamates (subject to hydrolysis) is 1. The molecule has 1 aliphatic carbocycles. The van der Waals surface area contributed by atoms with Crippen LogP contribution in [0.15, 0.2) is 71.9 Å². The molecule has 3 aliphatic heterocycles. The zero-order valence-corrected chi connectivity index (χ0v) is 60.2. The van der Waals surface area contributed by atoms with Crippen molar-refractivity contribution in [2.24, 2.45) is 52.9 Å². The summed E-state index contributed by atoms with van der Waals surface area (Å²) in [6, 6.07) is 2.89. The van der Waals surface area contributed by atoms with E-state index in [1.165, 1.54) is 12.0 Å². The molecule has 2 saturated heterocycles. The van der Waals surface area contributed by atoms with Gasteiger partial charge in [0, 0.05) is 70.7 Å². The van der Waals surface area contributed by atoms with Crippen LogP contribution in [0.4, 0.5) is 15.3 Å². The molecular weight excluding hydrogens is 1280 g/mol. The van der Waals surface area contributed by atoms with Gasteiger partial charge in [-0.1, -0.05) is 97.1 Å². The number of anilines is 1. The molecule has 6 amide bonds. The molecule has 26 heteroatoms. The summed E-state index contributed by atoms with van der Waals surface area (Å²) in [4.78, 5) is 123. The third kappa shape index (κ3) is 25.7. The Morgan fingerprint density at radius 3 is 2.22 bits per heavy atom. The minimum atomic E-state index is -2.48. The number of urea groups is 1. The number of Topliss-reactive ketones (excluding diaryl/α,β-unsaturated/α-hetero) is 3. The SMILES string of the molecule is CO[C@H]1C[C@@H]2CC[C@@H](C)[C@@](O)(O2)C(=O)C(=O)N2CCCC[C@H]2C(=O)O[C@H]([C@@H](C)C[C@H]2CC[C@@H](OCCOCNC(=O)OCc3ccc(NC(=O)[C@@H](CCCNC(N)=O)NC(=O)[C@H](N)C(C)C)cc3)[C@H](OC)C2)CC(=O)[C@H](C)/C=C(\C)[C@@H](O)[C@@H](OC)C(=O)[C@H](C)C[C@H](C)/C=C/C=CC=C1C. The molecule has 3 fully saturated rings. The summed E-state index contributed by atoms with van der Waals surface area (Å²) >= 11 is 0. The highest BCUT2D eigenvalue weighted by Gasteiger charge is 2.53. The average molecular weight is 1390 g/mol. The first-order valence-electron chi connectivity index (χ1n) is 35.1. The van der Waals surface area contributed by atoms with E-state index in [1.807, 2.05) is 51.2 Å². The number of fused-ring (bicyclic) bond motifs is 3. The van der Waals surface area contributed by atoms with E-state index in [9.17, 15) is 53.4 Å². The van der Waals surface area contributed by atoms with E-state index < -0.39 is 120 Å². The number of piperidine rings is 1. The summed E-state index contributed by atoms with van der Waals surface area (Å²) in [6.07, 6.45) is 10.6. The van der Waals surface area contributed by atoms with Crippen LogP contribution in [-0.4, -0.2) is 189 Å². The fourth-order valence-corrected chi connectivity index (χ4v) is 13.2. The van der Waals surface area contributed by atoms with Gasteiger partial charge in [-0.25, -0.2) is 14.4 Å². The number of methoxy groups -OCH3 is 3. The molecule has 10 N–H and O–H groups in total. The predicted molar refractivity (Wildman–Crippen MR) is 370 cm³/mol. The van der Waals surface area contributed by atoms with Crippen LogP contribution in [0.1, 0.15) is 158 Å². The number of carbonyl (C=O) groups is 9. The molecule has 0 unspecified atom stereocenters. The number of nitrogens with two attached hydrogens (primary N) is 2. The first kappa shape index (κ1) is 82.9. The second-order valence-electron chi connectivity index (χ2n) is 27.7. The molecule has 0 aromatic heterocycles. The number of hydrogen-bond acceptors (Lipinski definition) is 20. The summed E-state index contributed by atoms with van der Waals surface area (Å²) in [5, 5.41) is 34.2. The Balaban J connectivity index is 1.21. The van der Waals surface area contributed by atoms with Crippen molar-refractivity contribution in [3.05, 3.63) is 77.4 Å². The van der Waals surface area contributed by atoms with Gasteiger partial charge < -0.3 is 80.4 Å². The first-order valence-corrected chi connectivity index (χ1v) is 35.1. The van der Waals surface area contributed by atoms with E-state index in [1.54, 1.807) is 86.1 Å². The Morgan fingerprint density at radius 2 is 1.55 bits per heavy atom. The summed E-state index contributed by atoms with van der Waals surface area (Å²) in [5.74, 6) is -9.70. The Hall–Kier alpha value is -6.75. The number of esters is 1. The number of carbonyl (C=O) groups excluding carboxylic acids is 9. The van der Waals surface area contributed by atoms with Gasteiger partial charge in [-0.3, -0.25) is 34.1 Å². The van der Waals surface area contributed by atoms with Crippen LogP contribution >= 0.6 is 0 Å². The predicted octanol–water partition coefficient (Wildman–Crippen LogP) is 6.96. The second-order valence-corrected chi connectivity index (χ2v) is 27.7. The van der Waals surface area contributed by atoms with Crippen LogP contribution in [0, 0.1) is 41.4 Å². The molecule has 26 nitrogen and oxygen atoms in total. The number of allylic oxidation sites excluding steroid dienone is 6.